The first-order valence-corrected chi connectivity index (χ1v) is 3.33. The van der Waals surface area contributed by atoms with E-state index < -0.39 is 12.0 Å². The Morgan fingerprint density at radius 2 is 2.36 bits per heavy atom. The molecule has 0 spiro atoms. The molecule has 0 aromatic heterocycles. The van der Waals surface area contributed by atoms with E-state index in [0.29, 0.717) is 0 Å². The normalized spacial score (nSPS) is 22.7. The standard InChI is InChI=1S/C5H6N2O3S/c8-3(9)1-2-4(10)7-5(11)6-2/h2H,1H2,(H,8,9)(H2,6,7,10,11). The molecule has 1 amide bonds. The molecule has 0 aromatic carbocycles. The molecule has 1 aliphatic rings. The Hall–Kier alpha value is -1.17. The summed E-state index contributed by atoms with van der Waals surface area (Å²) >= 11 is 4.59. The van der Waals surface area contributed by atoms with E-state index in [2.05, 4.69) is 22.9 Å². The van der Waals surface area contributed by atoms with Crippen molar-refractivity contribution in [3.63, 3.8) is 0 Å². The van der Waals surface area contributed by atoms with Gasteiger partial charge in [-0.05, 0) is 12.2 Å². The average Bonchev–Trinajstić information content (AvgIpc) is 2.09. The maximum Gasteiger partial charge on any atom is 0.305 e. The van der Waals surface area contributed by atoms with Crippen molar-refractivity contribution < 1.29 is 14.7 Å². The molecular weight excluding hydrogens is 168 g/mol. The average molecular weight is 174 g/mol. The second-order valence-electron chi connectivity index (χ2n) is 2.11. The van der Waals surface area contributed by atoms with E-state index in [1.807, 2.05) is 0 Å². The smallest absolute Gasteiger partial charge is 0.305 e. The van der Waals surface area contributed by atoms with Crippen molar-refractivity contribution in [2.75, 3.05) is 0 Å². The highest BCUT2D eigenvalue weighted by Crippen LogP contribution is 1.97. The van der Waals surface area contributed by atoms with Gasteiger partial charge < -0.3 is 15.7 Å². The first kappa shape index (κ1) is 7.93. The van der Waals surface area contributed by atoms with Crippen molar-refractivity contribution in [3.8, 4) is 0 Å². The lowest BCUT2D eigenvalue weighted by Gasteiger charge is -2.01. The first-order valence-electron chi connectivity index (χ1n) is 2.93. The molecule has 1 atom stereocenters. The van der Waals surface area contributed by atoms with Crippen LogP contribution in [-0.4, -0.2) is 28.1 Å². The van der Waals surface area contributed by atoms with Crippen LogP contribution in [0.2, 0.25) is 0 Å². The summed E-state index contributed by atoms with van der Waals surface area (Å²) in [6.07, 6.45) is -0.244. The van der Waals surface area contributed by atoms with E-state index >= 15 is 0 Å². The van der Waals surface area contributed by atoms with Gasteiger partial charge in [0.1, 0.15) is 6.04 Å². The number of rotatable bonds is 2. The third-order valence-electron chi connectivity index (χ3n) is 1.24. The summed E-state index contributed by atoms with van der Waals surface area (Å²) in [5.74, 6) is -1.40. The quantitative estimate of drug-likeness (QED) is 0.460. The lowest BCUT2D eigenvalue weighted by atomic mass is 10.2. The fourth-order valence-electron chi connectivity index (χ4n) is 0.777. The molecule has 11 heavy (non-hydrogen) atoms. The topological polar surface area (TPSA) is 78.4 Å². The minimum absolute atomic E-state index is 0.196. The number of hydrogen-bond acceptors (Lipinski definition) is 3. The Morgan fingerprint density at radius 1 is 1.73 bits per heavy atom. The van der Waals surface area contributed by atoms with Crippen LogP contribution in [0.4, 0.5) is 0 Å². The third-order valence-corrected chi connectivity index (χ3v) is 1.46. The third kappa shape index (κ3) is 1.87. The molecule has 1 fully saturated rings. The van der Waals surface area contributed by atoms with Gasteiger partial charge in [0.05, 0.1) is 6.42 Å². The van der Waals surface area contributed by atoms with Crippen LogP contribution in [0, 0.1) is 0 Å². The first-order chi connectivity index (χ1) is 5.09. The highest BCUT2D eigenvalue weighted by molar-refractivity contribution is 7.80. The van der Waals surface area contributed by atoms with Gasteiger partial charge in [0, 0.05) is 0 Å². The van der Waals surface area contributed by atoms with Crippen molar-refractivity contribution in [2.45, 2.75) is 12.5 Å². The number of carbonyl (C=O) groups is 2. The maximum absolute atomic E-state index is 10.8. The molecule has 0 saturated carbocycles. The van der Waals surface area contributed by atoms with E-state index in [-0.39, 0.29) is 17.4 Å². The maximum atomic E-state index is 10.8. The molecule has 1 rings (SSSR count). The molecule has 0 aliphatic carbocycles. The largest absolute Gasteiger partial charge is 0.481 e. The number of thiocarbonyl (C=S) groups is 1. The fourth-order valence-corrected chi connectivity index (χ4v) is 1.02. The Kier molecular flexibility index (Phi) is 2.04. The fraction of sp³-hybridized carbons (Fsp3) is 0.400. The zero-order valence-electron chi connectivity index (χ0n) is 5.46. The lowest BCUT2D eigenvalue weighted by Crippen LogP contribution is -2.31. The Balaban J connectivity index is 2.53. The van der Waals surface area contributed by atoms with Crippen molar-refractivity contribution >= 4 is 29.2 Å². The van der Waals surface area contributed by atoms with Crippen LogP contribution in [-0.2, 0) is 9.59 Å². The van der Waals surface area contributed by atoms with Gasteiger partial charge in [-0.1, -0.05) is 0 Å². The number of nitrogens with one attached hydrogen (secondary N) is 2. The van der Waals surface area contributed by atoms with E-state index in [9.17, 15) is 9.59 Å². The van der Waals surface area contributed by atoms with Crippen molar-refractivity contribution in [2.24, 2.45) is 0 Å². The number of aliphatic carboxylic acids is 1. The second kappa shape index (κ2) is 2.83. The highest BCUT2D eigenvalue weighted by Gasteiger charge is 2.28. The molecule has 0 bridgehead atoms. The monoisotopic (exact) mass is 174 g/mol. The van der Waals surface area contributed by atoms with Gasteiger partial charge in [-0.2, -0.15) is 0 Å². The Bertz CT molecular complexity index is 228. The van der Waals surface area contributed by atoms with E-state index in [1.54, 1.807) is 0 Å². The molecule has 6 heteroatoms. The molecule has 1 heterocycles. The van der Waals surface area contributed by atoms with Gasteiger partial charge in [0.2, 0.25) is 5.91 Å². The second-order valence-corrected chi connectivity index (χ2v) is 2.52. The van der Waals surface area contributed by atoms with Crippen LogP contribution in [0.15, 0.2) is 0 Å². The Morgan fingerprint density at radius 3 is 2.73 bits per heavy atom. The number of hydrogen-bond donors (Lipinski definition) is 3. The minimum Gasteiger partial charge on any atom is -0.481 e. The number of carbonyl (C=O) groups excluding carboxylic acids is 1. The van der Waals surface area contributed by atoms with Gasteiger partial charge >= 0.3 is 5.97 Å². The summed E-state index contributed by atoms with van der Waals surface area (Å²) in [4.78, 5) is 20.9. The summed E-state index contributed by atoms with van der Waals surface area (Å²) in [5.41, 5.74) is 0. The summed E-state index contributed by atoms with van der Waals surface area (Å²) in [5, 5.41) is 13.3. The molecule has 60 valence electrons. The number of carboxylic acid groups (broad SMARTS) is 1. The molecule has 0 radical (unpaired) electrons. The summed E-state index contributed by atoms with van der Waals surface area (Å²) < 4.78 is 0. The van der Waals surface area contributed by atoms with Crippen molar-refractivity contribution in [3.05, 3.63) is 0 Å². The van der Waals surface area contributed by atoms with Crippen molar-refractivity contribution in [1.29, 1.82) is 0 Å². The van der Waals surface area contributed by atoms with Gasteiger partial charge in [0.25, 0.3) is 0 Å². The molecular formula is C5H6N2O3S. The van der Waals surface area contributed by atoms with Gasteiger partial charge in [-0.15, -0.1) is 0 Å². The van der Waals surface area contributed by atoms with Crippen molar-refractivity contribution in [1.82, 2.24) is 10.6 Å². The van der Waals surface area contributed by atoms with Gasteiger partial charge in [-0.25, -0.2) is 0 Å². The molecule has 5 nitrogen and oxygen atoms in total. The summed E-state index contributed by atoms with van der Waals surface area (Å²) in [6.45, 7) is 0. The van der Waals surface area contributed by atoms with Crippen LogP contribution in [0.5, 0.6) is 0 Å². The molecule has 1 unspecified atom stereocenters. The van der Waals surface area contributed by atoms with E-state index in [4.69, 9.17) is 5.11 Å². The SMILES string of the molecule is O=C(O)CC1NC(=S)NC1=O. The number of carboxylic acids is 1. The summed E-state index contributed by atoms with van der Waals surface area (Å²) in [6, 6.07) is -0.708. The zero-order chi connectivity index (χ0) is 8.43. The highest BCUT2D eigenvalue weighted by atomic mass is 32.1. The summed E-state index contributed by atoms with van der Waals surface area (Å²) in [7, 11) is 0. The van der Waals surface area contributed by atoms with Crippen LogP contribution >= 0.6 is 12.2 Å². The molecule has 3 N–H and O–H groups in total. The van der Waals surface area contributed by atoms with E-state index in [0.717, 1.165) is 0 Å². The number of amides is 1. The van der Waals surface area contributed by atoms with Gasteiger partial charge in [-0.3, -0.25) is 9.59 Å². The van der Waals surface area contributed by atoms with Gasteiger partial charge in [0.15, 0.2) is 5.11 Å². The minimum atomic E-state index is -1.03. The predicted octanol–water partition coefficient (Wildman–Crippen LogP) is -1.17. The van der Waals surface area contributed by atoms with Crippen LogP contribution in [0.1, 0.15) is 6.42 Å². The lowest BCUT2D eigenvalue weighted by molar-refractivity contribution is -0.139. The molecule has 1 saturated heterocycles. The van der Waals surface area contributed by atoms with Crippen LogP contribution in [0.3, 0.4) is 0 Å². The zero-order valence-corrected chi connectivity index (χ0v) is 6.27. The van der Waals surface area contributed by atoms with E-state index in [1.165, 1.54) is 0 Å². The molecule has 0 aromatic rings. The molecule has 1 aliphatic heterocycles. The van der Waals surface area contributed by atoms with Crippen LogP contribution in [0.25, 0.3) is 0 Å². The van der Waals surface area contributed by atoms with Crippen LogP contribution < -0.4 is 10.6 Å². The Labute approximate surface area is 67.8 Å². The predicted molar refractivity (Wildman–Crippen MR) is 39.9 cm³/mol.